The van der Waals surface area contributed by atoms with Crippen LogP contribution in [0.4, 0.5) is 18.0 Å². The zero-order valence-electron chi connectivity index (χ0n) is 26.2. The molecule has 2 rings (SSSR count). The van der Waals surface area contributed by atoms with Gasteiger partial charge < -0.3 is 30.7 Å². The summed E-state index contributed by atoms with van der Waals surface area (Å²) < 4.78 is 50.2. The van der Waals surface area contributed by atoms with Crippen LogP contribution in [0.1, 0.15) is 51.8 Å². The van der Waals surface area contributed by atoms with Crippen molar-refractivity contribution >= 4 is 41.2 Å². The van der Waals surface area contributed by atoms with Gasteiger partial charge >= 0.3 is 12.3 Å². The summed E-state index contributed by atoms with van der Waals surface area (Å²) in [6.45, 7) is 7.00. The SMILES string of the molecule is COc1ccc([C@H](NC(=O)[C@H](Cc2cccc(Cl)c2)NC(=O)CNC(=O)OC(C)(C)C)C(=O)N[C@H](C(=O)C(F)(F)F)C(C)C)cc1. The summed E-state index contributed by atoms with van der Waals surface area (Å²) in [5, 5.41) is 9.73. The van der Waals surface area contributed by atoms with Crippen molar-refractivity contribution < 1.29 is 46.6 Å². The molecule has 0 aliphatic carbocycles. The monoisotopic (exact) mass is 670 g/mol. The lowest BCUT2D eigenvalue weighted by atomic mass is 9.97. The van der Waals surface area contributed by atoms with Crippen LogP contribution in [0.2, 0.25) is 5.02 Å². The van der Waals surface area contributed by atoms with Gasteiger partial charge in [-0.15, -0.1) is 0 Å². The number of hydrogen-bond donors (Lipinski definition) is 4. The Labute approximate surface area is 269 Å². The number of Topliss-reactive ketones (excluding diaryl/α,β-unsaturated/α-hetero) is 1. The average molecular weight is 671 g/mol. The van der Waals surface area contributed by atoms with Crippen LogP contribution in [0.25, 0.3) is 0 Å². The molecule has 0 saturated carbocycles. The minimum absolute atomic E-state index is 0.122. The first-order chi connectivity index (χ1) is 21.3. The lowest BCUT2D eigenvalue weighted by Crippen LogP contribution is -2.55. The Morgan fingerprint density at radius 2 is 1.52 bits per heavy atom. The Hall–Kier alpha value is -4.33. The molecule has 0 saturated heterocycles. The predicted molar refractivity (Wildman–Crippen MR) is 163 cm³/mol. The molecule has 15 heteroatoms. The molecule has 0 aliphatic heterocycles. The maximum absolute atomic E-state index is 13.7. The van der Waals surface area contributed by atoms with Gasteiger partial charge in [0.25, 0.3) is 5.78 Å². The minimum atomic E-state index is -5.22. The number of rotatable bonds is 13. The van der Waals surface area contributed by atoms with Gasteiger partial charge in [0.2, 0.25) is 17.7 Å². The van der Waals surface area contributed by atoms with Gasteiger partial charge in [0.05, 0.1) is 13.2 Å². The molecule has 0 unspecified atom stereocenters. The first-order valence-corrected chi connectivity index (χ1v) is 14.5. The quantitative estimate of drug-likeness (QED) is 0.251. The fourth-order valence-electron chi connectivity index (χ4n) is 4.11. The first kappa shape index (κ1) is 37.9. The molecule has 0 bridgehead atoms. The van der Waals surface area contributed by atoms with E-state index in [0.29, 0.717) is 16.3 Å². The summed E-state index contributed by atoms with van der Waals surface area (Å²) in [6, 6.07) is 7.28. The molecule has 0 radical (unpaired) electrons. The van der Waals surface area contributed by atoms with Gasteiger partial charge in [-0.05, 0) is 62.1 Å². The Morgan fingerprint density at radius 1 is 0.891 bits per heavy atom. The summed E-state index contributed by atoms with van der Waals surface area (Å²) >= 11 is 6.09. The zero-order valence-corrected chi connectivity index (χ0v) is 27.0. The van der Waals surface area contributed by atoms with Gasteiger partial charge in [0.15, 0.2) is 0 Å². The number of carbonyl (C=O) groups excluding carboxylic acids is 5. The fraction of sp³-hybridized carbons (Fsp3) is 0.452. The molecule has 0 aromatic heterocycles. The third-order valence-corrected chi connectivity index (χ3v) is 6.53. The van der Waals surface area contributed by atoms with Crippen LogP contribution in [0.15, 0.2) is 48.5 Å². The average Bonchev–Trinajstić information content (AvgIpc) is 2.95. The third-order valence-electron chi connectivity index (χ3n) is 6.30. The second-order valence-electron chi connectivity index (χ2n) is 11.6. The van der Waals surface area contributed by atoms with Crippen LogP contribution in [-0.2, 0) is 30.3 Å². The van der Waals surface area contributed by atoms with E-state index in [-0.39, 0.29) is 12.0 Å². The van der Waals surface area contributed by atoms with Crippen molar-refractivity contribution in [3.8, 4) is 5.75 Å². The normalized spacial score (nSPS) is 13.5. The van der Waals surface area contributed by atoms with E-state index in [9.17, 15) is 37.1 Å². The molecule has 0 spiro atoms. The number of alkyl carbamates (subject to hydrolysis) is 1. The van der Waals surface area contributed by atoms with Crippen molar-refractivity contribution in [2.75, 3.05) is 13.7 Å². The van der Waals surface area contributed by atoms with E-state index in [1.54, 1.807) is 45.0 Å². The fourth-order valence-corrected chi connectivity index (χ4v) is 4.32. The summed E-state index contributed by atoms with van der Waals surface area (Å²) in [4.78, 5) is 64.1. The molecule has 252 valence electrons. The van der Waals surface area contributed by atoms with Gasteiger partial charge in [-0.3, -0.25) is 19.2 Å². The Morgan fingerprint density at radius 3 is 2.04 bits per heavy atom. The molecule has 2 aromatic rings. The highest BCUT2D eigenvalue weighted by Gasteiger charge is 2.45. The van der Waals surface area contributed by atoms with Crippen LogP contribution < -0.4 is 26.0 Å². The van der Waals surface area contributed by atoms with E-state index in [0.717, 1.165) is 0 Å². The van der Waals surface area contributed by atoms with Crippen molar-refractivity contribution in [1.82, 2.24) is 21.3 Å². The van der Waals surface area contributed by atoms with Crippen molar-refractivity contribution in [3.05, 3.63) is 64.7 Å². The predicted octanol–water partition coefficient (Wildman–Crippen LogP) is 4.03. The Bertz CT molecular complexity index is 1400. The molecule has 3 atom stereocenters. The molecule has 4 amide bonds. The van der Waals surface area contributed by atoms with Crippen LogP contribution in [0.3, 0.4) is 0 Å². The zero-order chi connectivity index (χ0) is 34.8. The highest BCUT2D eigenvalue weighted by atomic mass is 35.5. The molecule has 0 heterocycles. The second-order valence-corrected chi connectivity index (χ2v) is 12.1. The van der Waals surface area contributed by atoms with E-state index >= 15 is 0 Å². The molecular formula is C31H38ClF3N4O7. The highest BCUT2D eigenvalue weighted by molar-refractivity contribution is 6.30. The summed E-state index contributed by atoms with van der Waals surface area (Å²) in [5.74, 6) is -5.49. The van der Waals surface area contributed by atoms with Crippen LogP contribution in [0.5, 0.6) is 5.75 Å². The van der Waals surface area contributed by atoms with E-state index in [1.807, 2.05) is 0 Å². The van der Waals surface area contributed by atoms with Crippen LogP contribution in [-0.4, -0.2) is 67.1 Å². The van der Waals surface area contributed by atoms with Crippen LogP contribution in [0, 0.1) is 5.92 Å². The number of ether oxygens (including phenoxy) is 2. The van der Waals surface area contributed by atoms with Crippen molar-refractivity contribution in [3.63, 3.8) is 0 Å². The molecule has 46 heavy (non-hydrogen) atoms. The topological polar surface area (TPSA) is 152 Å². The standard InChI is InChI=1S/C31H38ClF3N4O7/c1-17(2)24(26(41)31(33,34)35)38-28(43)25(19-10-12-21(45-6)13-11-19)39-27(42)22(15-18-8-7-9-20(32)14-18)37-23(40)16-36-29(44)46-30(3,4)5/h7-14,17,22,24-25H,15-16H2,1-6H3,(H,36,44)(H,37,40)(H,38,43)(H,39,42)/t22-,24-,25-/m0/s1. The number of carbonyl (C=O) groups is 5. The molecule has 11 nitrogen and oxygen atoms in total. The Balaban J connectivity index is 2.40. The van der Waals surface area contributed by atoms with Gasteiger partial charge in [0.1, 0.15) is 30.0 Å². The maximum Gasteiger partial charge on any atom is 0.452 e. The molecule has 4 N–H and O–H groups in total. The smallest absolute Gasteiger partial charge is 0.452 e. The van der Waals surface area contributed by atoms with E-state index in [2.05, 4.69) is 21.3 Å². The van der Waals surface area contributed by atoms with E-state index < -0.39 is 72.0 Å². The lowest BCUT2D eigenvalue weighted by Gasteiger charge is -2.27. The highest BCUT2D eigenvalue weighted by Crippen LogP contribution is 2.23. The number of ketones is 1. The maximum atomic E-state index is 13.7. The van der Waals surface area contributed by atoms with Gasteiger partial charge in [-0.25, -0.2) is 4.79 Å². The van der Waals surface area contributed by atoms with Gasteiger partial charge in [-0.1, -0.05) is 49.7 Å². The number of amides is 4. The second kappa shape index (κ2) is 16.3. The van der Waals surface area contributed by atoms with Crippen molar-refractivity contribution in [2.24, 2.45) is 5.92 Å². The Kier molecular flexibility index (Phi) is 13.4. The van der Waals surface area contributed by atoms with E-state index in [4.69, 9.17) is 21.1 Å². The number of alkyl halides is 3. The van der Waals surface area contributed by atoms with Gasteiger partial charge in [0, 0.05) is 11.4 Å². The summed E-state index contributed by atoms with van der Waals surface area (Å²) in [6.07, 6.45) is -6.22. The molecule has 0 aliphatic rings. The summed E-state index contributed by atoms with van der Waals surface area (Å²) in [5.41, 5.74) is -0.159. The number of halogens is 4. The number of methoxy groups -OCH3 is 1. The molecular weight excluding hydrogens is 633 g/mol. The number of nitrogens with one attached hydrogen (secondary N) is 4. The molecule has 0 fully saturated rings. The van der Waals surface area contributed by atoms with Crippen molar-refractivity contribution in [2.45, 2.75) is 70.9 Å². The number of benzene rings is 2. The summed E-state index contributed by atoms with van der Waals surface area (Å²) in [7, 11) is 1.40. The lowest BCUT2D eigenvalue weighted by molar-refractivity contribution is -0.175. The minimum Gasteiger partial charge on any atom is -0.497 e. The van der Waals surface area contributed by atoms with Crippen LogP contribution >= 0.6 is 11.6 Å². The molecule has 2 aromatic carbocycles. The first-order valence-electron chi connectivity index (χ1n) is 14.2. The third kappa shape index (κ3) is 12.2. The van der Waals surface area contributed by atoms with Crippen molar-refractivity contribution in [1.29, 1.82) is 0 Å². The number of hydrogen-bond acceptors (Lipinski definition) is 7. The van der Waals surface area contributed by atoms with E-state index in [1.165, 1.54) is 45.2 Å². The van der Waals surface area contributed by atoms with Gasteiger partial charge in [-0.2, -0.15) is 13.2 Å². The largest absolute Gasteiger partial charge is 0.497 e.